The predicted molar refractivity (Wildman–Crippen MR) is 51.8 cm³/mol. The maximum absolute atomic E-state index is 13.5. The van der Waals surface area contributed by atoms with Gasteiger partial charge in [0.15, 0.2) is 23.3 Å². The fourth-order valence-electron chi connectivity index (χ4n) is 1.23. The van der Waals surface area contributed by atoms with E-state index in [1.165, 1.54) is 6.07 Å². The minimum absolute atomic E-state index is 0.102. The highest BCUT2D eigenvalue weighted by Crippen LogP contribution is 2.23. The van der Waals surface area contributed by atoms with Crippen molar-refractivity contribution in [2.45, 2.75) is 0 Å². The van der Waals surface area contributed by atoms with E-state index in [1.807, 2.05) is 0 Å². The number of anilines is 1. The molecule has 0 aliphatic carbocycles. The van der Waals surface area contributed by atoms with Crippen LogP contribution in [-0.4, -0.2) is 9.97 Å². The Bertz CT molecular complexity index is 543. The van der Waals surface area contributed by atoms with Crippen LogP contribution in [0.5, 0.6) is 0 Å². The first-order valence-corrected chi connectivity index (χ1v) is 4.31. The fraction of sp³-hybridized carbons (Fsp3) is 0. The minimum Gasteiger partial charge on any atom is -0.381 e. The van der Waals surface area contributed by atoms with Gasteiger partial charge in [0.2, 0.25) is 0 Å². The quantitative estimate of drug-likeness (QED) is 0.808. The molecule has 3 nitrogen and oxygen atoms in total. The summed E-state index contributed by atoms with van der Waals surface area (Å²) in [4.78, 5) is 7.05. The monoisotopic (exact) mass is 225 g/mol. The number of nitrogens with zero attached hydrogens (tertiary/aromatic N) is 2. The molecule has 0 atom stereocenters. The van der Waals surface area contributed by atoms with E-state index in [4.69, 9.17) is 5.73 Å². The molecule has 0 saturated carbocycles. The average Bonchev–Trinajstić information content (AvgIpc) is 2.26. The van der Waals surface area contributed by atoms with E-state index in [-0.39, 0.29) is 17.1 Å². The number of halogens is 3. The molecular formula is C10H6F3N3. The molecule has 1 aromatic carbocycles. The summed E-state index contributed by atoms with van der Waals surface area (Å²) in [6.45, 7) is 0. The second-order valence-electron chi connectivity index (χ2n) is 3.05. The largest absolute Gasteiger partial charge is 0.381 e. The van der Waals surface area contributed by atoms with Crippen LogP contribution in [0.15, 0.2) is 24.5 Å². The van der Waals surface area contributed by atoms with E-state index in [9.17, 15) is 13.2 Å². The molecule has 82 valence electrons. The SMILES string of the molecule is Nc1ncnc(-c2ccc(F)c(F)c2)c1F. The summed E-state index contributed by atoms with van der Waals surface area (Å²) in [6, 6.07) is 2.95. The highest BCUT2D eigenvalue weighted by Gasteiger charge is 2.12. The zero-order valence-electron chi connectivity index (χ0n) is 7.92. The summed E-state index contributed by atoms with van der Waals surface area (Å²) >= 11 is 0. The molecule has 0 unspecified atom stereocenters. The smallest absolute Gasteiger partial charge is 0.191 e. The lowest BCUT2D eigenvalue weighted by molar-refractivity contribution is 0.509. The number of nitrogens with two attached hydrogens (primary N) is 1. The van der Waals surface area contributed by atoms with Gasteiger partial charge >= 0.3 is 0 Å². The van der Waals surface area contributed by atoms with Crippen LogP contribution in [-0.2, 0) is 0 Å². The molecule has 0 radical (unpaired) electrons. The summed E-state index contributed by atoms with van der Waals surface area (Å²) in [6.07, 6.45) is 1.05. The van der Waals surface area contributed by atoms with E-state index in [1.54, 1.807) is 0 Å². The molecule has 0 aliphatic rings. The van der Waals surface area contributed by atoms with Crippen LogP contribution in [0.2, 0.25) is 0 Å². The van der Waals surface area contributed by atoms with Gasteiger partial charge in [-0.15, -0.1) is 0 Å². The molecule has 1 heterocycles. The first-order valence-electron chi connectivity index (χ1n) is 4.31. The Kier molecular flexibility index (Phi) is 2.47. The summed E-state index contributed by atoms with van der Waals surface area (Å²) in [5.74, 6) is -3.27. The summed E-state index contributed by atoms with van der Waals surface area (Å²) in [5, 5.41) is 0. The molecule has 6 heteroatoms. The van der Waals surface area contributed by atoms with Crippen LogP contribution in [0, 0.1) is 17.5 Å². The Morgan fingerprint density at radius 3 is 2.44 bits per heavy atom. The summed E-state index contributed by atoms with van der Waals surface area (Å²) < 4.78 is 39.0. The summed E-state index contributed by atoms with van der Waals surface area (Å²) in [7, 11) is 0. The Morgan fingerprint density at radius 2 is 1.75 bits per heavy atom. The van der Waals surface area contributed by atoms with Gasteiger partial charge in [-0.1, -0.05) is 0 Å². The lowest BCUT2D eigenvalue weighted by Crippen LogP contribution is -1.99. The Hall–Kier alpha value is -2.11. The van der Waals surface area contributed by atoms with E-state index in [0.717, 1.165) is 18.5 Å². The van der Waals surface area contributed by atoms with E-state index in [0.29, 0.717) is 0 Å². The molecule has 0 fully saturated rings. The molecule has 0 saturated heterocycles. The number of nitrogen functional groups attached to an aromatic ring is 1. The number of benzene rings is 1. The Labute approximate surface area is 88.8 Å². The zero-order valence-corrected chi connectivity index (χ0v) is 7.92. The lowest BCUT2D eigenvalue weighted by atomic mass is 10.1. The van der Waals surface area contributed by atoms with Crippen LogP contribution < -0.4 is 5.73 Å². The second kappa shape index (κ2) is 3.80. The molecule has 2 N–H and O–H groups in total. The molecule has 1 aromatic heterocycles. The van der Waals surface area contributed by atoms with Gasteiger partial charge in [-0.05, 0) is 18.2 Å². The zero-order chi connectivity index (χ0) is 11.7. The van der Waals surface area contributed by atoms with Gasteiger partial charge in [-0.3, -0.25) is 0 Å². The highest BCUT2D eigenvalue weighted by atomic mass is 19.2. The topological polar surface area (TPSA) is 51.8 Å². The molecule has 0 bridgehead atoms. The Balaban J connectivity index is 2.59. The standard InChI is InChI=1S/C10H6F3N3/c11-6-2-1-5(3-7(6)12)9-8(13)10(14)16-4-15-9/h1-4H,(H2,14,15,16). The average molecular weight is 225 g/mol. The van der Waals surface area contributed by atoms with Crippen molar-refractivity contribution in [2.75, 3.05) is 5.73 Å². The molecule has 2 rings (SSSR count). The fourth-order valence-corrected chi connectivity index (χ4v) is 1.23. The van der Waals surface area contributed by atoms with Crippen molar-refractivity contribution in [1.29, 1.82) is 0 Å². The van der Waals surface area contributed by atoms with Gasteiger partial charge in [0.25, 0.3) is 0 Å². The predicted octanol–water partition coefficient (Wildman–Crippen LogP) is 2.14. The van der Waals surface area contributed by atoms with Gasteiger partial charge in [0.05, 0.1) is 0 Å². The van der Waals surface area contributed by atoms with Crippen LogP contribution in [0.3, 0.4) is 0 Å². The number of aromatic nitrogens is 2. The van der Waals surface area contributed by atoms with Crippen molar-refractivity contribution < 1.29 is 13.2 Å². The third kappa shape index (κ3) is 1.69. The third-order valence-corrected chi connectivity index (χ3v) is 2.01. The molecule has 2 aromatic rings. The van der Waals surface area contributed by atoms with Crippen molar-refractivity contribution in [3.63, 3.8) is 0 Å². The lowest BCUT2D eigenvalue weighted by Gasteiger charge is -2.03. The van der Waals surface area contributed by atoms with E-state index >= 15 is 0 Å². The third-order valence-electron chi connectivity index (χ3n) is 2.01. The van der Waals surface area contributed by atoms with Crippen molar-refractivity contribution in [1.82, 2.24) is 9.97 Å². The first kappa shape index (κ1) is 10.4. The normalized spacial score (nSPS) is 10.4. The van der Waals surface area contributed by atoms with Crippen molar-refractivity contribution >= 4 is 5.82 Å². The molecule has 16 heavy (non-hydrogen) atoms. The highest BCUT2D eigenvalue weighted by molar-refractivity contribution is 5.62. The van der Waals surface area contributed by atoms with Crippen LogP contribution in [0.1, 0.15) is 0 Å². The van der Waals surface area contributed by atoms with Gasteiger partial charge in [-0.25, -0.2) is 23.1 Å². The van der Waals surface area contributed by atoms with E-state index in [2.05, 4.69) is 9.97 Å². The summed E-state index contributed by atoms with van der Waals surface area (Å²) in [5.41, 5.74) is 5.17. The van der Waals surface area contributed by atoms with Crippen LogP contribution >= 0.6 is 0 Å². The van der Waals surface area contributed by atoms with Crippen LogP contribution in [0.4, 0.5) is 19.0 Å². The van der Waals surface area contributed by atoms with Gasteiger partial charge < -0.3 is 5.73 Å². The van der Waals surface area contributed by atoms with Gasteiger partial charge in [0.1, 0.15) is 12.0 Å². The number of hydrogen-bond donors (Lipinski definition) is 1. The van der Waals surface area contributed by atoms with Crippen LogP contribution in [0.25, 0.3) is 11.3 Å². The maximum Gasteiger partial charge on any atom is 0.191 e. The van der Waals surface area contributed by atoms with Crippen molar-refractivity contribution in [2.24, 2.45) is 0 Å². The molecular weight excluding hydrogens is 219 g/mol. The number of hydrogen-bond acceptors (Lipinski definition) is 3. The van der Waals surface area contributed by atoms with Gasteiger partial charge in [-0.2, -0.15) is 0 Å². The molecule has 0 spiro atoms. The second-order valence-corrected chi connectivity index (χ2v) is 3.05. The maximum atomic E-state index is 13.5. The Morgan fingerprint density at radius 1 is 1.00 bits per heavy atom. The first-order chi connectivity index (χ1) is 7.59. The number of rotatable bonds is 1. The van der Waals surface area contributed by atoms with Crippen molar-refractivity contribution in [3.05, 3.63) is 42.0 Å². The van der Waals surface area contributed by atoms with Crippen molar-refractivity contribution in [3.8, 4) is 11.3 Å². The minimum atomic E-state index is -1.07. The molecule has 0 aliphatic heterocycles. The van der Waals surface area contributed by atoms with E-state index < -0.39 is 17.5 Å². The van der Waals surface area contributed by atoms with Gasteiger partial charge in [0, 0.05) is 5.56 Å². The molecule has 0 amide bonds.